The van der Waals surface area contributed by atoms with E-state index in [1.54, 1.807) is 0 Å². The highest BCUT2D eigenvalue weighted by Crippen LogP contribution is 2.29. The van der Waals surface area contributed by atoms with Crippen LogP contribution in [-0.4, -0.2) is 17.4 Å². The minimum Gasteiger partial charge on any atom is -0.352 e. The summed E-state index contributed by atoms with van der Waals surface area (Å²) in [6, 6.07) is 17.2. The van der Waals surface area contributed by atoms with Crippen LogP contribution in [0.15, 0.2) is 66.2 Å². The second-order valence-electron chi connectivity index (χ2n) is 7.17. The van der Waals surface area contributed by atoms with Gasteiger partial charge in [-0.05, 0) is 50.3 Å². The summed E-state index contributed by atoms with van der Waals surface area (Å²) in [5, 5.41) is 4.57. The molecular weight excluding hydrogens is 368 g/mol. The second-order valence-corrected chi connectivity index (χ2v) is 7.57. The zero-order valence-corrected chi connectivity index (χ0v) is 16.5. The molecule has 0 spiro atoms. The van der Waals surface area contributed by atoms with Gasteiger partial charge in [0.1, 0.15) is 0 Å². The molecule has 4 rings (SSSR count). The predicted octanol–water partition coefficient (Wildman–Crippen LogP) is 6.18. The van der Waals surface area contributed by atoms with Gasteiger partial charge in [0.2, 0.25) is 0 Å². The van der Waals surface area contributed by atoms with Crippen LogP contribution >= 0.6 is 11.6 Å². The van der Waals surface area contributed by atoms with Crippen LogP contribution in [0.1, 0.15) is 42.5 Å². The molecule has 3 aromatic rings. The minimum absolute atomic E-state index is 0.0664. The monoisotopic (exact) mass is 390 g/mol. The van der Waals surface area contributed by atoms with E-state index >= 15 is 0 Å². The molecule has 4 heteroatoms. The molecule has 0 fully saturated rings. The average molecular weight is 391 g/mol. The van der Waals surface area contributed by atoms with Crippen LogP contribution < -0.4 is 5.32 Å². The Morgan fingerprint density at radius 3 is 2.71 bits per heavy atom. The third-order valence-corrected chi connectivity index (χ3v) is 5.56. The lowest BCUT2D eigenvalue weighted by Crippen LogP contribution is -2.25. The summed E-state index contributed by atoms with van der Waals surface area (Å²) in [7, 11) is 0. The van der Waals surface area contributed by atoms with Crippen molar-refractivity contribution in [3.05, 3.63) is 76.8 Å². The Bertz CT molecular complexity index is 1040. The summed E-state index contributed by atoms with van der Waals surface area (Å²) in [6.45, 7) is 0.655. The lowest BCUT2D eigenvalue weighted by Gasteiger charge is -2.14. The number of fused-ring (bicyclic) bond motifs is 1. The number of halogens is 1. The van der Waals surface area contributed by atoms with Gasteiger partial charge in [-0.1, -0.05) is 59.6 Å². The van der Waals surface area contributed by atoms with Crippen LogP contribution in [0.2, 0.25) is 5.02 Å². The van der Waals surface area contributed by atoms with E-state index in [4.69, 9.17) is 16.6 Å². The molecule has 1 heterocycles. The molecule has 0 saturated carbocycles. The summed E-state index contributed by atoms with van der Waals surface area (Å²) in [6.07, 6.45) is 8.11. The van der Waals surface area contributed by atoms with E-state index in [-0.39, 0.29) is 5.91 Å². The number of allylic oxidation sites excluding steroid dienone is 1. The molecule has 0 unspecified atom stereocenters. The average Bonchev–Trinajstić information content (AvgIpc) is 2.74. The van der Waals surface area contributed by atoms with Gasteiger partial charge in [0.15, 0.2) is 0 Å². The third kappa shape index (κ3) is 4.10. The fourth-order valence-corrected chi connectivity index (χ4v) is 3.97. The van der Waals surface area contributed by atoms with Crippen LogP contribution in [0, 0.1) is 0 Å². The smallest absolute Gasteiger partial charge is 0.252 e. The van der Waals surface area contributed by atoms with E-state index in [2.05, 4.69) is 11.4 Å². The summed E-state index contributed by atoms with van der Waals surface area (Å²) in [5.41, 5.74) is 4.43. The number of hydrogen-bond donors (Lipinski definition) is 1. The molecule has 142 valence electrons. The molecule has 0 aliphatic heterocycles. The number of rotatable bonds is 5. The van der Waals surface area contributed by atoms with Gasteiger partial charge >= 0.3 is 0 Å². The number of carbonyl (C=O) groups is 1. The number of pyridine rings is 1. The van der Waals surface area contributed by atoms with Crippen molar-refractivity contribution in [1.82, 2.24) is 10.3 Å². The summed E-state index contributed by atoms with van der Waals surface area (Å²) >= 11 is 6.36. The van der Waals surface area contributed by atoms with E-state index in [9.17, 15) is 4.79 Å². The largest absolute Gasteiger partial charge is 0.352 e. The Morgan fingerprint density at radius 1 is 1.07 bits per heavy atom. The molecule has 3 nitrogen and oxygen atoms in total. The Hall–Kier alpha value is -2.65. The van der Waals surface area contributed by atoms with Gasteiger partial charge in [0.05, 0.1) is 16.8 Å². The van der Waals surface area contributed by atoms with Crippen LogP contribution in [0.25, 0.3) is 22.2 Å². The molecule has 2 aromatic carbocycles. The third-order valence-electron chi connectivity index (χ3n) is 5.23. The second kappa shape index (κ2) is 8.57. The van der Waals surface area contributed by atoms with E-state index in [0.29, 0.717) is 22.8 Å². The van der Waals surface area contributed by atoms with Crippen molar-refractivity contribution in [1.29, 1.82) is 0 Å². The van der Waals surface area contributed by atoms with Crippen molar-refractivity contribution in [3.63, 3.8) is 0 Å². The van der Waals surface area contributed by atoms with Gasteiger partial charge in [-0.2, -0.15) is 0 Å². The Kier molecular flexibility index (Phi) is 5.73. The number of carbonyl (C=O) groups excluding carboxylic acids is 1. The molecule has 0 bridgehead atoms. The lowest BCUT2D eigenvalue weighted by atomic mass is 9.97. The first-order valence-electron chi connectivity index (χ1n) is 9.83. The van der Waals surface area contributed by atoms with E-state index in [0.717, 1.165) is 29.3 Å². The number of benzene rings is 2. The highest BCUT2D eigenvalue weighted by Gasteiger charge is 2.15. The Labute approximate surface area is 170 Å². The van der Waals surface area contributed by atoms with Gasteiger partial charge in [0.25, 0.3) is 5.91 Å². The summed E-state index contributed by atoms with van der Waals surface area (Å²) in [5.74, 6) is -0.0664. The number of nitrogens with one attached hydrogen (secondary N) is 1. The maximum atomic E-state index is 13.0. The SMILES string of the molecule is O=C(NCCC1=CCCCC1)c1cc(-c2ccccc2Cl)nc2ccccc12. The number of aromatic nitrogens is 1. The van der Waals surface area contributed by atoms with Crippen LogP contribution in [-0.2, 0) is 0 Å². The molecule has 1 amide bonds. The predicted molar refractivity (Wildman–Crippen MR) is 116 cm³/mol. The number of nitrogens with zero attached hydrogens (tertiary/aromatic N) is 1. The first-order valence-corrected chi connectivity index (χ1v) is 10.2. The summed E-state index contributed by atoms with van der Waals surface area (Å²) < 4.78 is 0. The van der Waals surface area contributed by atoms with Crippen molar-refractivity contribution >= 4 is 28.4 Å². The van der Waals surface area contributed by atoms with Crippen molar-refractivity contribution in [3.8, 4) is 11.3 Å². The molecule has 0 saturated heterocycles. The van der Waals surface area contributed by atoms with Gasteiger partial charge in [-0.25, -0.2) is 4.98 Å². The normalized spacial score (nSPS) is 14.0. The van der Waals surface area contributed by atoms with E-state index in [1.165, 1.54) is 24.8 Å². The van der Waals surface area contributed by atoms with Gasteiger partial charge in [0, 0.05) is 22.5 Å². The van der Waals surface area contributed by atoms with Gasteiger partial charge in [-0.15, -0.1) is 0 Å². The maximum Gasteiger partial charge on any atom is 0.252 e. The van der Waals surface area contributed by atoms with Crippen molar-refractivity contribution < 1.29 is 4.79 Å². The molecule has 28 heavy (non-hydrogen) atoms. The molecule has 1 aliphatic carbocycles. The Morgan fingerprint density at radius 2 is 1.89 bits per heavy atom. The first kappa shape index (κ1) is 18.7. The van der Waals surface area contributed by atoms with Crippen molar-refractivity contribution in [2.45, 2.75) is 32.1 Å². The zero-order valence-electron chi connectivity index (χ0n) is 15.7. The van der Waals surface area contributed by atoms with E-state index < -0.39 is 0 Å². The standard InChI is InChI=1S/C24H23ClN2O/c25-21-12-6-4-11-19(21)23-16-20(18-10-5-7-13-22(18)27-23)24(28)26-15-14-17-8-2-1-3-9-17/h4-8,10-13,16H,1-3,9,14-15H2,(H,26,28). The fraction of sp³-hybridized carbons (Fsp3) is 0.250. The molecule has 1 N–H and O–H groups in total. The zero-order chi connectivity index (χ0) is 19.3. The Balaban J connectivity index is 1.62. The van der Waals surface area contributed by atoms with Crippen LogP contribution in [0.4, 0.5) is 0 Å². The maximum absolute atomic E-state index is 13.0. The topological polar surface area (TPSA) is 42.0 Å². The molecule has 0 radical (unpaired) electrons. The van der Waals surface area contributed by atoms with Crippen molar-refractivity contribution in [2.75, 3.05) is 6.54 Å². The lowest BCUT2D eigenvalue weighted by molar-refractivity contribution is 0.0955. The number of para-hydroxylation sites is 1. The fourth-order valence-electron chi connectivity index (χ4n) is 3.73. The minimum atomic E-state index is -0.0664. The van der Waals surface area contributed by atoms with E-state index in [1.807, 2.05) is 54.6 Å². The number of amides is 1. The molecule has 1 aromatic heterocycles. The molecule has 0 atom stereocenters. The van der Waals surface area contributed by atoms with Crippen LogP contribution in [0.5, 0.6) is 0 Å². The highest BCUT2D eigenvalue weighted by molar-refractivity contribution is 6.33. The highest BCUT2D eigenvalue weighted by atomic mass is 35.5. The quantitative estimate of drug-likeness (QED) is 0.529. The van der Waals surface area contributed by atoms with Gasteiger partial charge < -0.3 is 5.32 Å². The molecule has 1 aliphatic rings. The first-order chi connectivity index (χ1) is 13.7. The van der Waals surface area contributed by atoms with Crippen molar-refractivity contribution in [2.24, 2.45) is 0 Å². The number of hydrogen-bond acceptors (Lipinski definition) is 2. The van der Waals surface area contributed by atoms with Crippen LogP contribution in [0.3, 0.4) is 0 Å². The summed E-state index contributed by atoms with van der Waals surface area (Å²) in [4.78, 5) is 17.7. The van der Waals surface area contributed by atoms with Gasteiger partial charge in [-0.3, -0.25) is 4.79 Å². The molecular formula is C24H23ClN2O.